The molecule has 1 aliphatic heterocycles. The molecule has 1 aromatic carbocycles. The largest absolute Gasteiger partial charge is 0.324 e. The molecule has 0 radical (unpaired) electrons. The van der Waals surface area contributed by atoms with Crippen LogP contribution in [0.15, 0.2) is 24.3 Å². The second-order valence-electron chi connectivity index (χ2n) is 4.28. The Labute approximate surface area is 103 Å². The van der Waals surface area contributed by atoms with Gasteiger partial charge in [0.1, 0.15) is 5.82 Å². The van der Waals surface area contributed by atoms with E-state index in [-0.39, 0.29) is 25.9 Å². The van der Waals surface area contributed by atoms with Crippen molar-refractivity contribution in [1.29, 1.82) is 0 Å². The second kappa shape index (κ2) is 4.88. The number of nitrogens with one attached hydrogen (secondary N) is 1. The summed E-state index contributed by atoms with van der Waals surface area (Å²) in [6.45, 7) is 0.0556. The predicted molar refractivity (Wildman–Crippen MR) is 61.2 cm³/mol. The first-order valence-corrected chi connectivity index (χ1v) is 5.66. The molecule has 1 aliphatic rings. The van der Waals surface area contributed by atoms with Crippen LogP contribution in [-0.2, 0) is 0 Å². The molecular weight excluding hydrogens is 245 g/mol. The lowest BCUT2D eigenvalue weighted by Crippen LogP contribution is -2.44. The quantitative estimate of drug-likeness (QED) is 0.824. The number of likely N-dealkylation sites (tertiary alicyclic amines) is 1. The van der Waals surface area contributed by atoms with Crippen molar-refractivity contribution >= 4 is 11.7 Å². The van der Waals surface area contributed by atoms with Crippen LogP contribution < -0.4 is 5.32 Å². The normalized spacial score (nSPS) is 18.5. The first-order chi connectivity index (χ1) is 8.46. The van der Waals surface area contributed by atoms with E-state index in [9.17, 15) is 18.0 Å². The Morgan fingerprint density at radius 3 is 2.28 bits per heavy atom. The van der Waals surface area contributed by atoms with Crippen LogP contribution in [0.25, 0.3) is 0 Å². The number of piperidine rings is 1. The standard InChI is InChI=1S/C12H13F3N2O/c13-9-1-3-10(4-2-9)16-11(18)17-7-5-12(14,15)6-8-17/h1-4H,5-8H2,(H,16,18). The van der Waals surface area contributed by atoms with E-state index in [4.69, 9.17) is 0 Å². The third-order valence-electron chi connectivity index (χ3n) is 2.88. The van der Waals surface area contributed by atoms with Gasteiger partial charge in [0.25, 0.3) is 5.92 Å². The highest BCUT2D eigenvalue weighted by Gasteiger charge is 2.35. The summed E-state index contributed by atoms with van der Waals surface area (Å²) in [5.74, 6) is -3.07. The maximum absolute atomic E-state index is 12.9. The number of hydrogen-bond donors (Lipinski definition) is 1. The number of halogens is 3. The van der Waals surface area contributed by atoms with Crippen molar-refractivity contribution in [3.05, 3.63) is 30.1 Å². The fourth-order valence-electron chi connectivity index (χ4n) is 1.77. The van der Waals surface area contributed by atoms with Crippen molar-refractivity contribution in [2.75, 3.05) is 18.4 Å². The third-order valence-corrected chi connectivity index (χ3v) is 2.88. The summed E-state index contributed by atoms with van der Waals surface area (Å²) in [5.41, 5.74) is 0.443. The fourth-order valence-corrected chi connectivity index (χ4v) is 1.77. The van der Waals surface area contributed by atoms with Gasteiger partial charge in [-0.2, -0.15) is 0 Å². The maximum Gasteiger partial charge on any atom is 0.321 e. The first kappa shape index (κ1) is 12.7. The van der Waals surface area contributed by atoms with Crippen molar-refractivity contribution in [3.63, 3.8) is 0 Å². The monoisotopic (exact) mass is 258 g/mol. The minimum absolute atomic E-state index is 0.0278. The number of amides is 2. The lowest BCUT2D eigenvalue weighted by molar-refractivity contribution is -0.0461. The number of anilines is 1. The van der Waals surface area contributed by atoms with Crippen molar-refractivity contribution in [3.8, 4) is 0 Å². The van der Waals surface area contributed by atoms with Gasteiger partial charge in [0, 0.05) is 31.6 Å². The van der Waals surface area contributed by atoms with Crippen LogP contribution in [0, 0.1) is 5.82 Å². The molecule has 0 atom stereocenters. The molecule has 2 rings (SSSR count). The number of benzene rings is 1. The van der Waals surface area contributed by atoms with Crippen LogP contribution >= 0.6 is 0 Å². The smallest absolute Gasteiger partial charge is 0.321 e. The molecule has 0 aromatic heterocycles. The molecule has 0 aliphatic carbocycles. The highest BCUT2D eigenvalue weighted by Crippen LogP contribution is 2.27. The number of hydrogen-bond acceptors (Lipinski definition) is 1. The highest BCUT2D eigenvalue weighted by molar-refractivity contribution is 5.89. The van der Waals surface area contributed by atoms with Crippen LogP contribution in [0.2, 0.25) is 0 Å². The number of urea groups is 1. The van der Waals surface area contributed by atoms with Crippen LogP contribution in [0.4, 0.5) is 23.7 Å². The molecule has 0 unspecified atom stereocenters. The molecular formula is C12H13F3N2O. The summed E-state index contributed by atoms with van der Waals surface area (Å²) in [4.78, 5) is 13.1. The van der Waals surface area contributed by atoms with E-state index in [1.54, 1.807) is 0 Å². The average Bonchev–Trinajstić information content (AvgIpc) is 2.32. The van der Waals surface area contributed by atoms with Crippen LogP contribution in [0.1, 0.15) is 12.8 Å². The molecule has 2 amide bonds. The maximum atomic E-state index is 12.9. The number of carbonyl (C=O) groups is 1. The summed E-state index contributed by atoms with van der Waals surface area (Å²) in [6.07, 6.45) is -0.631. The van der Waals surface area contributed by atoms with E-state index in [2.05, 4.69) is 5.32 Å². The molecule has 0 spiro atoms. The number of nitrogens with zero attached hydrogens (tertiary/aromatic N) is 1. The minimum Gasteiger partial charge on any atom is -0.324 e. The van der Waals surface area contributed by atoms with Gasteiger partial charge < -0.3 is 10.2 Å². The zero-order valence-corrected chi connectivity index (χ0v) is 9.63. The molecule has 1 N–H and O–H groups in total. The van der Waals surface area contributed by atoms with E-state index in [0.717, 1.165) is 0 Å². The van der Waals surface area contributed by atoms with Crippen molar-refractivity contribution in [2.45, 2.75) is 18.8 Å². The molecule has 1 heterocycles. The summed E-state index contributed by atoms with van der Waals surface area (Å²) in [5, 5.41) is 2.54. The van der Waals surface area contributed by atoms with Gasteiger partial charge in [0.05, 0.1) is 0 Å². The Hall–Kier alpha value is -1.72. The highest BCUT2D eigenvalue weighted by atomic mass is 19.3. The molecule has 18 heavy (non-hydrogen) atoms. The summed E-state index contributed by atoms with van der Waals surface area (Å²) >= 11 is 0. The zero-order valence-electron chi connectivity index (χ0n) is 9.63. The van der Waals surface area contributed by atoms with Gasteiger partial charge in [-0.05, 0) is 24.3 Å². The molecule has 6 heteroatoms. The number of alkyl halides is 2. The Balaban J connectivity index is 1.91. The molecule has 1 saturated heterocycles. The molecule has 0 saturated carbocycles. The van der Waals surface area contributed by atoms with E-state index in [1.807, 2.05) is 0 Å². The predicted octanol–water partition coefficient (Wildman–Crippen LogP) is 3.09. The van der Waals surface area contributed by atoms with Gasteiger partial charge in [-0.3, -0.25) is 0 Å². The minimum atomic E-state index is -2.67. The van der Waals surface area contributed by atoms with Crippen molar-refractivity contribution < 1.29 is 18.0 Å². The van der Waals surface area contributed by atoms with Crippen LogP contribution in [0.3, 0.4) is 0 Å². The number of carbonyl (C=O) groups excluding carboxylic acids is 1. The zero-order chi connectivity index (χ0) is 13.2. The molecule has 0 bridgehead atoms. The van der Waals surface area contributed by atoms with Crippen LogP contribution in [-0.4, -0.2) is 29.9 Å². The Bertz CT molecular complexity index is 423. The van der Waals surface area contributed by atoms with Crippen molar-refractivity contribution in [1.82, 2.24) is 4.90 Å². The SMILES string of the molecule is O=C(Nc1ccc(F)cc1)N1CCC(F)(F)CC1. The molecule has 1 aromatic rings. The van der Waals surface area contributed by atoms with E-state index < -0.39 is 17.8 Å². The summed E-state index contributed by atoms with van der Waals surface area (Å²) < 4.78 is 38.5. The Morgan fingerprint density at radius 2 is 1.72 bits per heavy atom. The Morgan fingerprint density at radius 1 is 1.17 bits per heavy atom. The van der Waals surface area contributed by atoms with E-state index >= 15 is 0 Å². The van der Waals surface area contributed by atoms with Gasteiger partial charge >= 0.3 is 6.03 Å². The molecule has 3 nitrogen and oxygen atoms in total. The topological polar surface area (TPSA) is 32.3 Å². The Kier molecular flexibility index (Phi) is 3.45. The summed E-state index contributed by atoms with van der Waals surface area (Å²) in [7, 11) is 0. The van der Waals surface area contributed by atoms with Gasteiger partial charge in [-0.1, -0.05) is 0 Å². The van der Waals surface area contributed by atoms with Crippen molar-refractivity contribution in [2.24, 2.45) is 0 Å². The van der Waals surface area contributed by atoms with Gasteiger partial charge in [0.2, 0.25) is 0 Å². The van der Waals surface area contributed by atoms with E-state index in [0.29, 0.717) is 5.69 Å². The van der Waals surface area contributed by atoms with E-state index in [1.165, 1.54) is 29.2 Å². The molecule has 1 fully saturated rings. The lowest BCUT2D eigenvalue weighted by atomic mass is 10.1. The van der Waals surface area contributed by atoms with Gasteiger partial charge in [0.15, 0.2) is 0 Å². The molecule has 98 valence electrons. The second-order valence-corrected chi connectivity index (χ2v) is 4.28. The van der Waals surface area contributed by atoms with Gasteiger partial charge in [-0.25, -0.2) is 18.0 Å². The van der Waals surface area contributed by atoms with Gasteiger partial charge in [-0.15, -0.1) is 0 Å². The first-order valence-electron chi connectivity index (χ1n) is 5.66. The third kappa shape index (κ3) is 3.15. The average molecular weight is 258 g/mol. The van der Waals surface area contributed by atoms with Crippen LogP contribution in [0.5, 0.6) is 0 Å². The fraction of sp³-hybridized carbons (Fsp3) is 0.417. The number of rotatable bonds is 1. The summed E-state index contributed by atoms with van der Waals surface area (Å²) in [6, 6.07) is 4.86. The lowest BCUT2D eigenvalue weighted by Gasteiger charge is -2.31.